The van der Waals surface area contributed by atoms with E-state index in [4.69, 9.17) is 4.98 Å². The van der Waals surface area contributed by atoms with Crippen LogP contribution >= 0.6 is 35.3 Å². The topological polar surface area (TPSA) is 52.6 Å². The van der Waals surface area contributed by atoms with E-state index in [0.717, 1.165) is 24.8 Å². The largest absolute Gasteiger partial charge is 0.356 e. The lowest BCUT2D eigenvalue weighted by atomic mass is 9.93. The minimum atomic E-state index is 0. The Morgan fingerprint density at radius 3 is 2.52 bits per heavy atom. The van der Waals surface area contributed by atoms with E-state index in [1.807, 2.05) is 7.05 Å². The van der Waals surface area contributed by atoms with E-state index in [0.29, 0.717) is 6.04 Å². The van der Waals surface area contributed by atoms with Crippen molar-refractivity contribution in [1.29, 1.82) is 0 Å². The highest BCUT2D eigenvalue weighted by atomic mass is 127. The Balaban J connectivity index is 0.00000364. The van der Waals surface area contributed by atoms with Gasteiger partial charge >= 0.3 is 0 Å². The molecule has 0 spiro atoms. The molecule has 0 bridgehead atoms. The fraction of sp³-hybridized carbons (Fsp3) is 0.800. The van der Waals surface area contributed by atoms with Crippen LogP contribution in [0.25, 0.3) is 0 Å². The Labute approximate surface area is 186 Å². The minimum absolute atomic E-state index is 0. The smallest absolute Gasteiger partial charge is 0.191 e. The quantitative estimate of drug-likeness (QED) is 0.349. The highest BCUT2D eigenvalue weighted by molar-refractivity contribution is 14.0. The summed E-state index contributed by atoms with van der Waals surface area (Å²) in [5, 5.41) is 10.4. The predicted octanol–water partition coefficient (Wildman–Crippen LogP) is 3.89. The first-order chi connectivity index (χ1) is 12.3. The fourth-order valence-electron chi connectivity index (χ4n) is 3.22. The van der Waals surface area contributed by atoms with Crippen molar-refractivity contribution in [2.24, 2.45) is 10.9 Å². The van der Waals surface area contributed by atoms with Crippen molar-refractivity contribution in [3.63, 3.8) is 0 Å². The Hall–Kier alpha value is -0.410. The molecule has 0 aliphatic carbocycles. The van der Waals surface area contributed by atoms with E-state index < -0.39 is 0 Å². The molecule has 27 heavy (non-hydrogen) atoms. The molecule has 2 N–H and O–H groups in total. The summed E-state index contributed by atoms with van der Waals surface area (Å²) in [5.41, 5.74) is 1.32. The first kappa shape index (κ1) is 24.6. The van der Waals surface area contributed by atoms with Crippen molar-refractivity contribution >= 4 is 41.3 Å². The molecule has 1 aromatic rings. The van der Waals surface area contributed by atoms with Crippen molar-refractivity contribution in [3.8, 4) is 0 Å². The van der Waals surface area contributed by atoms with Gasteiger partial charge in [0.25, 0.3) is 0 Å². The molecular formula is C20H38IN5S. The number of likely N-dealkylation sites (tertiary alicyclic amines) is 1. The Morgan fingerprint density at radius 2 is 2.00 bits per heavy atom. The summed E-state index contributed by atoms with van der Waals surface area (Å²) >= 11 is 1.76. The molecule has 1 aliphatic heterocycles. The molecule has 2 heterocycles. The van der Waals surface area contributed by atoms with Crippen LogP contribution in [0.1, 0.15) is 58.2 Å². The number of guanidine groups is 1. The van der Waals surface area contributed by atoms with Gasteiger partial charge in [-0.05, 0) is 18.8 Å². The van der Waals surface area contributed by atoms with E-state index >= 15 is 0 Å². The van der Waals surface area contributed by atoms with Gasteiger partial charge in [-0.2, -0.15) is 0 Å². The molecule has 1 aromatic heterocycles. The van der Waals surface area contributed by atoms with Gasteiger partial charge in [-0.15, -0.1) is 35.3 Å². The molecule has 0 unspecified atom stereocenters. The first-order valence-electron chi connectivity index (χ1n) is 9.92. The standard InChI is InChI=1S/C20H37N5S.HI/c1-15(2)13-25-11-8-16(9-12-25)23-19(21-6)22-10-7-18-24-17(14-26-18)20(3,4)5;/h14-16H,7-13H2,1-6H3,(H2,21,22,23);1H. The van der Waals surface area contributed by atoms with Crippen LogP contribution in [0.5, 0.6) is 0 Å². The SMILES string of the molecule is CN=C(NCCc1nc(C(C)(C)C)cs1)NC1CCN(CC(C)C)CC1.I. The maximum absolute atomic E-state index is 4.76. The molecule has 0 radical (unpaired) electrons. The molecule has 0 atom stereocenters. The van der Waals surface area contributed by atoms with Crippen molar-refractivity contribution < 1.29 is 0 Å². The van der Waals surface area contributed by atoms with E-state index in [9.17, 15) is 0 Å². The number of thiazole rings is 1. The molecule has 0 amide bonds. The zero-order chi connectivity index (χ0) is 19.2. The number of nitrogens with zero attached hydrogens (tertiary/aromatic N) is 3. The Kier molecular flexibility index (Phi) is 10.5. The second-order valence-electron chi connectivity index (χ2n) is 8.74. The molecule has 156 valence electrons. The van der Waals surface area contributed by atoms with Crippen LogP contribution < -0.4 is 10.6 Å². The van der Waals surface area contributed by atoms with Gasteiger partial charge in [-0.25, -0.2) is 4.98 Å². The molecule has 7 heteroatoms. The fourth-order valence-corrected chi connectivity index (χ4v) is 4.25. The van der Waals surface area contributed by atoms with Crippen molar-refractivity contribution in [2.45, 2.75) is 65.3 Å². The summed E-state index contributed by atoms with van der Waals surface area (Å²) in [6.45, 7) is 15.7. The maximum atomic E-state index is 4.76. The number of rotatable bonds is 6. The van der Waals surface area contributed by atoms with Crippen LogP contribution in [0.4, 0.5) is 0 Å². The van der Waals surface area contributed by atoms with Gasteiger partial charge in [0.05, 0.1) is 10.7 Å². The van der Waals surface area contributed by atoms with E-state index in [1.165, 1.54) is 43.2 Å². The Bertz CT molecular complexity index is 571. The highest BCUT2D eigenvalue weighted by Crippen LogP contribution is 2.23. The van der Waals surface area contributed by atoms with Gasteiger partial charge in [0.15, 0.2) is 5.96 Å². The predicted molar refractivity (Wildman–Crippen MR) is 129 cm³/mol. The monoisotopic (exact) mass is 507 g/mol. The zero-order valence-electron chi connectivity index (χ0n) is 17.8. The number of nitrogens with one attached hydrogen (secondary N) is 2. The third-order valence-corrected chi connectivity index (χ3v) is 5.64. The van der Waals surface area contributed by atoms with Gasteiger partial charge in [-0.1, -0.05) is 34.6 Å². The third kappa shape index (κ3) is 8.64. The van der Waals surface area contributed by atoms with Gasteiger partial charge < -0.3 is 15.5 Å². The van der Waals surface area contributed by atoms with E-state index in [1.54, 1.807) is 11.3 Å². The second kappa shape index (κ2) is 11.6. The highest BCUT2D eigenvalue weighted by Gasteiger charge is 2.20. The van der Waals surface area contributed by atoms with E-state index in [-0.39, 0.29) is 29.4 Å². The van der Waals surface area contributed by atoms with Crippen molar-refractivity contribution in [2.75, 3.05) is 33.2 Å². The molecule has 2 rings (SSSR count). The average Bonchev–Trinajstić information content (AvgIpc) is 3.04. The lowest BCUT2D eigenvalue weighted by Gasteiger charge is -2.33. The summed E-state index contributed by atoms with van der Waals surface area (Å²) < 4.78 is 0. The normalized spacial score (nSPS) is 17.1. The summed E-state index contributed by atoms with van der Waals surface area (Å²) in [6, 6.07) is 0.525. The maximum Gasteiger partial charge on any atom is 0.191 e. The van der Waals surface area contributed by atoms with Gasteiger partial charge in [0, 0.05) is 56.5 Å². The zero-order valence-corrected chi connectivity index (χ0v) is 21.0. The minimum Gasteiger partial charge on any atom is -0.356 e. The molecule has 5 nitrogen and oxygen atoms in total. The number of aliphatic imine (C=N–C) groups is 1. The lowest BCUT2D eigenvalue weighted by Crippen LogP contribution is -2.49. The molecule has 1 aliphatic rings. The van der Waals surface area contributed by atoms with Gasteiger partial charge in [-0.3, -0.25) is 4.99 Å². The molecule has 1 fully saturated rings. The summed E-state index contributed by atoms with van der Waals surface area (Å²) in [7, 11) is 1.85. The summed E-state index contributed by atoms with van der Waals surface area (Å²) in [6.07, 6.45) is 3.32. The number of hydrogen-bond acceptors (Lipinski definition) is 4. The lowest BCUT2D eigenvalue weighted by molar-refractivity contribution is 0.187. The number of piperidine rings is 1. The van der Waals surface area contributed by atoms with Crippen LogP contribution in [-0.4, -0.2) is 55.1 Å². The summed E-state index contributed by atoms with van der Waals surface area (Å²) in [4.78, 5) is 11.7. The van der Waals surface area contributed by atoms with Crippen LogP contribution in [0.2, 0.25) is 0 Å². The van der Waals surface area contributed by atoms with Crippen LogP contribution in [0.15, 0.2) is 10.4 Å². The first-order valence-corrected chi connectivity index (χ1v) is 10.8. The van der Waals surface area contributed by atoms with Crippen molar-refractivity contribution in [3.05, 3.63) is 16.1 Å². The number of hydrogen-bond donors (Lipinski definition) is 2. The molecular weight excluding hydrogens is 469 g/mol. The average molecular weight is 508 g/mol. The number of aromatic nitrogens is 1. The second-order valence-corrected chi connectivity index (χ2v) is 9.68. The molecule has 1 saturated heterocycles. The van der Waals surface area contributed by atoms with Crippen LogP contribution in [0.3, 0.4) is 0 Å². The van der Waals surface area contributed by atoms with Crippen molar-refractivity contribution in [1.82, 2.24) is 20.5 Å². The summed E-state index contributed by atoms with van der Waals surface area (Å²) in [5.74, 6) is 1.67. The van der Waals surface area contributed by atoms with E-state index in [2.05, 4.69) is 60.5 Å². The van der Waals surface area contributed by atoms with Gasteiger partial charge in [0.2, 0.25) is 0 Å². The molecule has 0 aromatic carbocycles. The Morgan fingerprint density at radius 1 is 1.33 bits per heavy atom. The third-order valence-electron chi connectivity index (χ3n) is 4.73. The van der Waals surface area contributed by atoms with Gasteiger partial charge in [0.1, 0.15) is 0 Å². The number of halogens is 1. The van der Waals surface area contributed by atoms with Crippen LogP contribution in [-0.2, 0) is 11.8 Å². The molecule has 0 saturated carbocycles. The van der Waals surface area contributed by atoms with Crippen LogP contribution in [0, 0.1) is 5.92 Å².